The molecule has 1 fully saturated rings. The number of oxime groups is 1. The highest BCUT2D eigenvalue weighted by atomic mass is 32.2. The van der Waals surface area contributed by atoms with Gasteiger partial charge in [0.25, 0.3) is 11.8 Å². The molecule has 2 atom stereocenters. The first-order chi connectivity index (χ1) is 18.5. The Balaban J connectivity index is 1.50. The van der Waals surface area contributed by atoms with E-state index in [1.165, 1.54) is 21.8 Å². The molecule has 39 heavy (non-hydrogen) atoms. The van der Waals surface area contributed by atoms with Gasteiger partial charge in [-0.3, -0.25) is 20.3 Å². The van der Waals surface area contributed by atoms with E-state index in [0.717, 1.165) is 28.0 Å². The Morgan fingerprint density at radius 3 is 2.77 bits per heavy atom. The molecule has 0 bridgehead atoms. The number of anilines is 2. The highest BCUT2D eigenvalue weighted by Gasteiger charge is 2.53. The lowest BCUT2D eigenvalue weighted by Crippen LogP contribution is -2.71. The van der Waals surface area contributed by atoms with Crippen molar-refractivity contribution < 1.29 is 38.9 Å². The zero-order valence-corrected chi connectivity index (χ0v) is 22.5. The van der Waals surface area contributed by atoms with Crippen LogP contribution < -0.4 is 32.4 Å². The third-order valence-corrected chi connectivity index (χ3v) is 8.47. The van der Waals surface area contributed by atoms with Crippen LogP contribution >= 0.6 is 34.9 Å². The Labute approximate surface area is 232 Å². The SMILES string of the molecule is Cc1c[n+](N)c(SCC2=C(C(=O)[O-])N3C(=O)C(NC(=O)/C(=N\OCC(=O)O)c4csc(N)n4)[C@H]3SC2)nc1N. The number of carbonyl (C=O) groups is 4. The first-order valence-electron chi connectivity index (χ1n) is 10.9. The number of aryl methyl sites for hydroxylation is 1. The maximum atomic E-state index is 13.0. The zero-order valence-electron chi connectivity index (χ0n) is 20.0. The monoisotopic (exact) mass is 595 g/mol. The molecule has 206 valence electrons. The van der Waals surface area contributed by atoms with Crippen LogP contribution in [-0.2, 0) is 24.0 Å². The van der Waals surface area contributed by atoms with Crippen LogP contribution in [0.15, 0.2) is 33.2 Å². The number of thioether (sulfide) groups is 2. The first-order valence-corrected chi connectivity index (χ1v) is 13.8. The second kappa shape index (κ2) is 11.3. The normalized spacial score (nSPS) is 18.8. The molecule has 4 heterocycles. The van der Waals surface area contributed by atoms with Crippen molar-refractivity contribution in [1.29, 1.82) is 0 Å². The molecule has 2 aliphatic rings. The number of nitrogens with two attached hydrogens (primary N) is 3. The summed E-state index contributed by atoms with van der Waals surface area (Å²) in [6, 6.07) is -1.10. The third kappa shape index (κ3) is 5.83. The number of carbonyl (C=O) groups excluding carboxylic acids is 3. The number of nitrogens with one attached hydrogen (secondary N) is 1. The summed E-state index contributed by atoms with van der Waals surface area (Å²) in [6.07, 6.45) is 1.58. The molecular formula is C20H21N9O7S3. The molecule has 2 aromatic rings. The summed E-state index contributed by atoms with van der Waals surface area (Å²) in [7, 11) is 0. The van der Waals surface area contributed by atoms with Gasteiger partial charge in [-0.1, -0.05) is 5.16 Å². The summed E-state index contributed by atoms with van der Waals surface area (Å²) in [6.45, 7) is 0.921. The largest absolute Gasteiger partial charge is 0.543 e. The molecule has 1 saturated heterocycles. The van der Waals surface area contributed by atoms with Crippen LogP contribution in [-0.4, -0.2) is 79.0 Å². The number of rotatable bonds is 10. The highest BCUT2D eigenvalue weighted by Crippen LogP contribution is 2.41. The molecule has 19 heteroatoms. The Bertz CT molecular complexity index is 1430. The third-order valence-electron chi connectivity index (χ3n) is 5.40. The molecule has 8 N–H and O–H groups in total. The van der Waals surface area contributed by atoms with Crippen LogP contribution in [0.3, 0.4) is 0 Å². The Morgan fingerprint density at radius 1 is 1.38 bits per heavy atom. The van der Waals surface area contributed by atoms with Gasteiger partial charge < -0.3 is 36.6 Å². The van der Waals surface area contributed by atoms with Crippen molar-refractivity contribution in [2.45, 2.75) is 23.5 Å². The molecule has 0 spiro atoms. The van der Waals surface area contributed by atoms with E-state index in [2.05, 4.69) is 25.3 Å². The number of aliphatic carboxylic acids is 2. The fraction of sp³-hybridized carbons (Fsp3) is 0.300. The topological polar surface area (TPSA) is 256 Å². The van der Waals surface area contributed by atoms with Gasteiger partial charge in [-0.15, -0.1) is 27.8 Å². The maximum absolute atomic E-state index is 13.0. The van der Waals surface area contributed by atoms with Gasteiger partial charge in [0.05, 0.1) is 17.2 Å². The number of thiazole rings is 1. The van der Waals surface area contributed by atoms with Crippen LogP contribution in [0.25, 0.3) is 0 Å². The van der Waals surface area contributed by atoms with E-state index in [9.17, 15) is 24.3 Å². The van der Waals surface area contributed by atoms with E-state index in [1.807, 2.05) is 0 Å². The lowest BCUT2D eigenvalue weighted by molar-refractivity contribution is -0.682. The fourth-order valence-electron chi connectivity index (χ4n) is 3.58. The number of fused-ring (bicyclic) bond motifs is 1. The van der Waals surface area contributed by atoms with Gasteiger partial charge in [0.1, 0.15) is 23.3 Å². The molecule has 0 aliphatic carbocycles. The minimum atomic E-state index is -1.55. The average molecular weight is 596 g/mol. The maximum Gasteiger partial charge on any atom is 0.384 e. The predicted octanol–water partition coefficient (Wildman–Crippen LogP) is -2.99. The van der Waals surface area contributed by atoms with Crippen LogP contribution in [0, 0.1) is 6.92 Å². The standard InChI is InChI=1S/C20H21N9O7S3/c1-7-2-28(23)20(26-14(7)21)39-5-8-4-37-17-12(16(33)29(17)13(8)18(34)35)25-15(32)11(27-36-3-10(30)31)9-6-38-19(22)24-9/h2,6,12,17,21H,3-5,23H2,1H3,(H5,22,24,25,30,31,32,34,35)/b27-11-/t12?,17-/m1/s1. The Hall–Kier alpha value is -4.10. The van der Waals surface area contributed by atoms with Crippen LogP contribution in [0.4, 0.5) is 10.9 Å². The van der Waals surface area contributed by atoms with E-state index in [0.29, 0.717) is 16.3 Å². The number of nitrogen functional groups attached to an aromatic ring is 3. The molecule has 2 aliphatic heterocycles. The van der Waals surface area contributed by atoms with Crippen molar-refractivity contribution in [2.75, 3.05) is 35.4 Å². The van der Waals surface area contributed by atoms with E-state index >= 15 is 0 Å². The van der Waals surface area contributed by atoms with E-state index in [4.69, 9.17) is 22.4 Å². The molecule has 0 radical (unpaired) electrons. The summed E-state index contributed by atoms with van der Waals surface area (Å²) < 4.78 is 1.27. The molecule has 2 aromatic heterocycles. The van der Waals surface area contributed by atoms with E-state index < -0.39 is 47.5 Å². The van der Waals surface area contributed by atoms with E-state index in [-0.39, 0.29) is 33.8 Å². The van der Waals surface area contributed by atoms with Gasteiger partial charge in [0.2, 0.25) is 12.4 Å². The van der Waals surface area contributed by atoms with Crippen molar-refractivity contribution >= 4 is 75.3 Å². The van der Waals surface area contributed by atoms with Crippen molar-refractivity contribution in [3.63, 3.8) is 0 Å². The molecule has 1 unspecified atom stereocenters. The van der Waals surface area contributed by atoms with Crippen LogP contribution in [0.2, 0.25) is 0 Å². The summed E-state index contributed by atoms with van der Waals surface area (Å²) >= 11 is 3.39. The van der Waals surface area contributed by atoms with Gasteiger partial charge in [-0.2, -0.15) is 0 Å². The number of β-lactam (4-membered cyclic amide) rings is 1. The predicted molar refractivity (Wildman–Crippen MR) is 138 cm³/mol. The zero-order chi connectivity index (χ0) is 28.4. The van der Waals surface area contributed by atoms with E-state index in [1.54, 1.807) is 13.1 Å². The van der Waals surface area contributed by atoms with Gasteiger partial charge >= 0.3 is 11.1 Å². The van der Waals surface area contributed by atoms with Gasteiger partial charge in [0, 0.05) is 16.9 Å². The lowest BCUT2D eigenvalue weighted by Gasteiger charge is -2.50. The smallest absolute Gasteiger partial charge is 0.384 e. The van der Waals surface area contributed by atoms with Crippen LogP contribution in [0.5, 0.6) is 0 Å². The summed E-state index contributed by atoms with van der Waals surface area (Å²) in [4.78, 5) is 62.7. The Morgan fingerprint density at radius 2 is 2.13 bits per heavy atom. The molecule has 4 rings (SSSR count). The average Bonchev–Trinajstić information content (AvgIpc) is 3.31. The number of hydrogen-bond acceptors (Lipinski definition) is 15. The van der Waals surface area contributed by atoms with Crippen molar-refractivity contribution in [3.05, 3.63) is 34.1 Å². The van der Waals surface area contributed by atoms with Crippen LogP contribution in [0.1, 0.15) is 11.3 Å². The molecule has 0 aromatic carbocycles. The second-order valence-corrected chi connectivity index (χ2v) is 11.0. The Kier molecular flexibility index (Phi) is 8.11. The first kappa shape index (κ1) is 27.9. The van der Waals surface area contributed by atoms with Gasteiger partial charge in [-0.25, -0.2) is 9.78 Å². The summed E-state index contributed by atoms with van der Waals surface area (Å²) in [5.74, 6) is 2.12. The minimum absolute atomic E-state index is 0.0115. The number of aromatic nitrogens is 3. The summed E-state index contributed by atoms with van der Waals surface area (Å²) in [5.41, 5.74) is 11.9. The highest BCUT2D eigenvalue weighted by molar-refractivity contribution is 8.01. The number of nitrogens with zero attached hydrogens (tertiary/aromatic N) is 5. The lowest BCUT2D eigenvalue weighted by atomic mass is 10.0. The van der Waals surface area contributed by atoms with Crippen molar-refractivity contribution in [1.82, 2.24) is 20.2 Å². The van der Waals surface area contributed by atoms with Crippen molar-refractivity contribution in [2.24, 2.45) is 5.16 Å². The number of carboxylic acids is 2. The minimum Gasteiger partial charge on any atom is -0.543 e. The molecule has 16 nitrogen and oxygen atoms in total. The van der Waals surface area contributed by atoms with Crippen molar-refractivity contribution in [3.8, 4) is 0 Å². The van der Waals surface area contributed by atoms with Gasteiger partial charge in [0.15, 0.2) is 10.8 Å². The second-order valence-electron chi connectivity index (χ2n) is 8.07. The molecule has 0 saturated carbocycles. The fourth-order valence-corrected chi connectivity index (χ4v) is 6.51. The number of amides is 2. The molecule has 2 amide bonds. The van der Waals surface area contributed by atoms with Gasteiger partial charge in [-0.05, 0) is 29.2 Å². The molecular weight excluding hydrogens is 574 g/mol. The number of hydrogen-bond donors (Lipinski definition) is 5. The quantitative estimate of drug-likeness (QED) is 0.0349. The summed E-state index contributed by atoms with van der Waals surface area (Å²) in [5, 5.41) is 28.0. The number of carboxylic acid groups (broad SMARTS) is 2.